The zero-order valence-corrected chi connectivity index (χ0v) is 6.04. The van der Waals surface area contributed by atoms with Crippen LogP contribution in [0, 0.1) is 0 Å². The summed E-state index contributed by atoms with van der Waals surface area (Å²) in [5, 5.41) is 0. The van der Waals surface area contributed by atoms with Crippen molar-refractivity contribution in [2.45, 2.75) is 19.3 Å². The van der Waals surface area contributed by atoms with Gasteiger partial charge in [-0.05, 0) is 12.8 Å². The summed E-state index contributed by atoms with van der Waals surface area (Å²) in [5.41, 5.74) is 14.3. The standard InChI is InChI=1S/C5H15N5/c1-2-4-6-8-10-9-7-5-3-1/h6-10H,1-5H2. The summed E-state index contributed by atoms with van der Waals surface area (Å²) in [7, 11) is 0. The van der Waals surface area contributed by atoms with Crippen molar-refractivity contribution in [2.75, 3.05) is 13.1 Å². The number of hydrazine groups is 4. The van der Waals surface area contributed by atoms with Crippen LogP contribution in [0.5, 0.6) is 0 Å². The lowest BCUT2D eigenvalue weighted by molar-refractivity contribution is 0.310. The Bertz CT molecular complexity index is 43.2. The van der Waals surface area contributed by atoms with Gasteiger partial charge in [0.2, 0.25) is 0 Å². The van der Waals surface area contributed by atoms with Gasteiger partial charge in [0.05, 0.1) is 0 Å². The first-order valence-corrected chi connectivity index (χ1v) is 3.71. The molecule has 0 aromatic carbocycles. The highest BCUT2D eigenvalue weighted by Gasteiger charge is 1.91. The molecule has 5 N–H and O–H groups in total. The minimum atomic E-state index is 1.01. The lowest BCUT2D eigenvalue weighted by Gasteiger charge is -2.12. The third-order valence-corrected chi connectivity index (χ3v) is 1.41. The fourth-order valence-electron chi connectivity index (χ4n) is 0.848. The number of rotatable bonds is 0. The zero-order valence-electron chi connectivity index (χ0n) is 6.04. The summed E-state index contributed by atoms with van der Waals surface area (Å²) in [6.07, 6.45) is 3.70. The molecule has 0 amide bonds. The Morgan fingerprint density at radius 1 is 0.600 bits per heavy atom. The van der Waals surface area contributed by atoms with Gasteiger partial charge in [-0.15, -0.1) is 0 Å². The van der Waals surface area contributed by atoms with Crippen LogP contribution in [0.1, 0.15) is 19.3 Å². The second-order valence-electron chi connectivity index (χ2n) is 2.29. The SMILES string of the molecule is C1CCNNNNNCC1. The van der Waals surface area contributed by atoms with Crippen LogP contribution in [0.15, 0.2) is 0 Å². The van der Waals surface area contributed by atoms with Crippen LogP contribution < -0.4 is 27.5 Å². The van der Waals surface area contributed by atoms with Crippen LogP contribution in [0.2, 0.25) is 0 Å². The second kappa shape index (κ2) is 5.57. The number of hydrogen-bond acceptors (Lipinski definition) is 5. The van der Waals surface area contributed by atoms with E-state index in [4.69, 9.17) is 0 Å². The highest BCUT2D eigenvalue weighted by molar-refractivity contribution is 4.46. The van der Waals surface area contributed by atoms with E-state index in [0.717, 1.165) is 13.1 Å². The molecule has 1 rings (SSSR count). The second-order valence-corrected chi connectivity index (χ2v) is 2.29. The Labute approximate surface area is 60.8 Å². The van der Waals surface area contributed by atoms with Crippen molar-refractivity contribution in [2.24, 2.45) is 0 Å². The molecule has 5 heteroatoms. The fourth-order valence-corrected chi connectivity index (χ4v) is 0.848. The number of hydrogen-bond donors (Lipinski definition) is 5. The summed E-state index contributed by atoms with van der Waals surface area (Å²) in [4.78, 5) is 0. The van der Waals surface area contributed by atoms with Crippen LogP contribution in [0.3, 0.4) is 0 Å². The number of nitrogens with one attached hydrogen (secondary N) is 5. The smallest absolute Gasteiger partial charge is 0.0113 e. The molecular weight excluding hydrogens is 130 g/mol. The van der Waals surface area contributed by atoms with Gasteiger partial charge in [0.1, 0.15) is 0 Å². The van der Waals surface area contributed by atoms with Gasteiger partial charge in [-0.3, -0.25) is 0 Å². The van der Waals surface area contributed by atoms with Crippen LogP contribution in [0.4, 0.5) is 0 Å². The van der Waals surface area contributed by atoms with Crippen LogP contribution in [0.25, 0.3) is 0 Å². The van der Waals surface area contributed by atoms with E-state index in [-0.39, 0.29) is 0 Å². The average molecular weight is 145 g/mol. The molecule has 5 nitrogen and oxygen atoms in total. The van der Waals surface area contributed by atoms with Gasteiger partial charge < -0.3 is 0 Å². The minimum absolute atomic E-state index is 1.01. The van der Waals surface area contributed by atoms with E-state index in [1.54, 1.807) is 0 Å². The summed E-state index contributed by atoms with van der Waals surface area (Å²) < 4.78 is 0. The van der Waals surface area contributed by atoms with Crippen molar-refractivity contribution < 1.29 is 0 Å². The lowest BCUT2D eigenvalue weighted by Crippen LogP contribution is -2.56. The van der Waals surface area contributed by atoms with Crippen molar-refractivity contribution in [1.29, 1.82) is 0 Å². The normalized spacial score (nSPS) is 24.0. The van der Waals surface area contributed by atoms with Gasteiger partial charge in [-0.25, -0.2) is 10.9 Å². The molecule has 0 unspecified atom stereocenters. The molecule has 0 saturated carbocycles. The molecule has 1 saturated heterocycles. The van der Waals surface area contributed by atoms with Gasteiger partial charge in [-0.1, -0.05) is 6.42 Å². The van der Waals surface area contributed by atoms with Crippen molar-refractivity contribution in [1.82, 2.24) is 27.5 Å². The molecule has 1 aliphatic heterocycles. The molecule has 10 heavy (non-hydrogen) atoms. The maximum atomic E-state index is 2.99. The van der Waals surface area contributed by atoms with E-state index in [0.29, 0.717) is 0 Å². The van der Waals surface area contributed by atoms with E-state index < -0.39 is 0 Å². The molecule has 0 aliphatic carbocycles. The summed E-state index contributed by atoms with van der Waals surface area (Å²) >= 11 is 0. The molecule has 1 heterocycles. The Morgan fingerprint density at radius 3 is 1.80 bits per heavy atom. The topological polar surface area (TPSA) is 60.1 Å². The predicted octanol–water partition coefficient (Wildman–Crippen LogP) is -1.22. The van der Waals surface area contributed by atoms with Crippen molar-refractivity contribution in [3.8, 4) is 0 Å². The first-order chi connectivity index (χ1) is 5.00. The van der Waals surface area contributed by atoms with Crippen LogP contribution in [-0.4, -0.2) is 13.1 Å². The predicted molar refractivity (Wildman–Crippen MR) is 39.3 cm³/mol. The van der Waals surface area contributed by atoms with Crippen molar-refractivity contribution in [3.63, 3.8) is 0 Å². The molecule has 0 aromatic rings. The maximum absolute atomic E-state index is 2.99. The highest BCUT2D eigenvalue weighted by Crippen LogP contribution is 1.90. The van der Waals surface area contributed by atoms with Gasteiger partial charge in [-0.2, -0.15) is 16.6 Å². The van der Waals surface area contributed by atoms with E-state index in [9.17, 15) is 0 Å². The molecule has 0 atom stereocenters. The first kappa shape index (κ1) is 7.90. The Morgan fingerprint density at radius 2 is 1.20 bits per heavy atom. The molecule has 60 valence electrons. The molecule has 0 radical (unpaired) electrons. The monoisotopic (exact) mass is 145 g/mol. The van der Waals surface area contributed by atoms with Crippen LogP contribution in [-0.2, 0) is 0 Å². The molecule has 1 fully saturated rings. The summed E-state index contributed by atoms with van der Waals surface area (Å²) in [5.74, 6) is 0. The van der Waals surface area contributed by atoms with E-state index >= 15 is 0 Å². The molecule has 0 spiro atoms. The first-order valence-electron chi connectivity index (χ1n) is 3.71. The van der Waals surface area contributed by atoms with Crippen LogP contribution >= 0.6 is 0 Å². The molecule has 0 bridgehead atoms. The average Bonchev–Trinajstić information content (AvgIpc) is 2.01. The van der Waals surface area contributed by atoms with Gasteiger partial charge in [0.25, 0.3) is 0 Å². The van der Waals surface area contributed by atoms with Crippen molar-refractivity contribution >= 4 is 0 Å². The fraction of sp³-hybridized carbons (Fsp3) is 1.00. The quantitative estimate of drug-likeness (QED) is 0.296. The van der Waals surface area contributed by atoms with E-state index in [2.05, 4.69) is 27.5 Å². The van der Waals surface area contributed by atoms with E-state index in [1.165, 1.54) is 19.3 Å². The minimum Gasteiger partial charge on any atom is -0.243 e. The third kappa shape index (κ3) is 3.76. The summed E-state index contributed by atoms with van der Waals surface area (Å²) in [6.45, 7) is 2.02. The molecular formula is C5H15N5. The van der Waals surface area contributed by atoms with Gasteiger partial charge in [0.15, 0.2) is 0 Å². The molecule has 0 aromatic heterocycles. The Kier molecular flexibility index (Phi) is 4.41. The largest absolute Gasteiger partial charge is 0.243 e. The lowest BCUT2D eigenvalue weighted by atomic mass is 10.2. The van der Waals surface area contributed by atoms with Gasteiger partial charge >= 0.3 is 0 Å². The third-order valence-electron chi connectivity index (χ3n) is 1.41. The summed E-state index contributed by atoms with van der Waals surface area (Å²) in [6, 6.07) is 0. The molecule has 1 aliphatic rings. The highest BCUT2D eigenvalue weighted by atomic mass is 15.8. The Balaban J connectivity index is 2.00. The Hall–Kier alpha value is -0.200. The van der Waals surface area contributed by atoms with Crippen molar-refractivity contribution in [3.05, 3.63) is 0 Å². The maximum Gasteiger partial charge on any atom is 0.0113 e. The van der Waals surface area contributed by atoms with E-state index in [1.807, 2.05) is 0 Å². The zero-order chi connectivity index (χ0) is 7.07. The van der Waals surface area contributed by atoms with Gasteiger partial charge in [0, 0.05) is 13.1 Å².